The van der Waals surface area contributed by atoms with Gasteiger partial charge in [-0.3, -0.25) is 4.79 Å². The predicted molar refractivity (Wildman–Crippen MR) is 103 cm³/mol. The third kappa shape index (κ3) is 5.66. The summed E-state index contributed by atoms with van der Waals surface area (Å²) in [7, 11) is -3.86. The normalized spacial score (nSPS) is 17.3. The van der Waals surface area contributed by atoms with Crippen LogP contribution in [-0.2, 0) is 21.2 Å². The van der Waals surface area contributed by atoms with Crippen LogP contribution < -0.4 is 11.5 Å². The lowest BCUT2D eigenvalue weighted by Gasteiger charge is -2.35. The van der Waals surface area contributed by atoms with E-state index in [0.717, 1.165) is 6.08 Å². The van der Waals surface area contributed by atoms with E-state index < -0.39 is 27.9 Å². The van der Waals surface area contributed by atoms with Gasteiger partial charge in [0.1, 0.15) is 5.70 Å². The van der Waals surface area contributed by atoms with Gasteiger partial charge in [0.15, 0.2) is 0 Å². The van der Waals surface area contributed by atoms with Crippen molar-refractivity contribution in [3.8, 4) is 0 Å². The highest BCUT2D eigenvalue weighted by Gasteiger charge is 2.31. The quantitative estimate of drug-likeness (QED) is 0.556. The molecular formula is C18H23F3N4O4S. The molecule has 1 aliphatic rings. The third-order valence-electron chi connectivity index (χ3n) is 4.66. The Morgan fingerprint density at radius 2 is 1.77 bits per heavy atom. The van der Waals surface area contributed by atoms with Crippen molar-refractivity contribution in [2.24, 2.45) is 11.5 Å². The number of nitrogens with two attached hydrogens (primary N) is 2. The number of carboxylic acids is 1. The van der Waals surface area contributed by atoms with Gasteiger partial charge < -0.3 is 21.5 Å². The molecule has 2 rings (SSSR count). The zero-order valence-corrected chi connectivity index (χ0v) is 17.0. The summed E-state index contributed by atoms with van der Waals surface area (Å²) in [5, 5.41) is 8.98. The molecule has 5 N–H and O–H groups in total. The Hall–Kier alpha value is -2.73. The number of sulfonamides is 1. The van der Waals surface area contributed by atoms with Crippen molar-refractivity contribution in [3.63, 3.8) is 0 Å². The van der Waals surface area contributed by atoms with Gasteiger partial charge in [-0.05, 0) is 42.3 Å². The lowest BCUT2D eigenvalue weighted by atomic mass is 10.1. The fraction of sp³-hybridized carbons (Fsp3) is 0.389. The Morgan fingerprint density at radius 1 is 1.17 bits per heavy atom. The van der Waals surface area contributed by atoms with Crippen LogP contribution >= 0.6 is 0 Å². The first kappa shape index (κ1) is 23.5. The first-order chi connectivity index (χ1) is 13.8. The van der Waals surface area contributed by atoms with E-state index in [1.54, 1.807) is 17.9 Å². The summed E-state index contributed by atoms with van der Waals surface area (Å²) < 4.78 is 64.3. The molecule has 1 fully saturated rings. The van der Waals surface area contributed by atoms with Crippen molar-refractivity contribution in [2.75, 3.05) is 26.2 Å². The monoisotopic (exact) mass is 448 g/mol. The second-order valence-corrected chi connectivity index (χ2v) is 8.70. The third-order valence-corrected chi connectivity index (χ3v) is 6.56. The smallest absolute Gasteiger partial charge is 0.430 e. The van der Waals surface area contributed by atoms with Crippen molar-refractivity contribution in [1.82, 2.24) is 9.21 Å². The van der Waals surface area contributed by atoms with E-state index in [2.05, 4.69) is 0 Å². The maximum atomic E-state index is 12.9. The van der Waals surface area contributed by atoms with Crippen molar-refractivity contribution in [2.45, 2.75) is 24.4 Å². The molecule has 0 unspecified atom stereocenters. The van der Waals surface area contributed by atoms with Gasteiger partial charge >= 0.3 is 12.1 Å². The van der Waals surface area contributed by atoms with E-state index in [0.29, 0.717) is 17.2 Å². The standard InChI is InChI=1S/C18H23F3N4O4S/c1-12-2-3-14(10-13(12)11-17(26)27)30(28,29)25-8-6-24(7-9-25)16(23)5-4-15(22)18(19,20)21/h2-5,10H,6-9,11,22-23H2,1H3,(H,26,27)/b15-4-,16-5+. The number of halogens is 3. The molecule has 1 aliphatic heterocycles. The van der Waals surface area contributed by atoms with Crippen LogP contribution in [-0.4, -0.2) is 61.1 Å². The zero-order chi connectivity index (χ0) is 22.7. The number of alkyl halides is 3. The number of carbonyl (C=O) groups is 1. The summed E-state index contributed by atoms with van der Waals surface area (Å²) >= 11 is 0. The maximum Gasteiger partial charge on any atom is 0.430 e. The molecule has 1 heterocycles. The molecule has 1 saturated heterocycles. The summed E-state index contributed by atoms with van der Waals surface area (Å²) in [6.45, 7) is 2.18. The summed E-state index contributed by atoms with van der Waals surface area (Å²) in [5.74, 6) is -1.03. The van der Waals surface area contributed by atoms with Gasteiger partial charge in [-0.2, -0.15) is 17.5 Å². The Balaban J connectivity index is 2.11. The van der Waals surface area contributed by atoms with Crippen LogP contribution in [0.2, 0.25) is 0 Å². The molecule has 12 heteroatoms. The molecular weight excluding hydrogens is 425 g/mol. The van der Waals surface area contributed by atoms with Gasteiger partial charge in [0.2, 0.25) is 10.0 Å². The molecule has 0 bridgehead atoms. The van der Waals surface area contributed by atoms with Gasteiger partial charge in [0.05, 0.1) is 17.1 Å². The number of aryl methyl sites for hydroxylation is 1. The summed E-state index contributed by atoms with van der Waals surface area (Å²) in [4.78, 5) is 12.5. The molecule has 1 aromatic carbocycles. The van der Waals surface area contributed by atoms with Crippen molar-refractivity contribution >= 4 is 16.0 Å². The number of rotatable bonds is 6. The first-order valence-electron chi connectivity index (χ1n) is 8.89. The van der Waals surface area contributed by atoms with Crippen molar-refractivity contribution in [3.05, 3.63) is 53.0 Å². The molecule has 1 aromatic rings. The van der Waals surface area contributed by atoms with E-state index in [1.165, 1.54) is 16.4 Å². The van der Waals surface area contributed by atoms with E-state index in [1.807, 2.05) is 0 Å². The van der Waals surface area contributed by atoms with Gasteiger partial charge in [0, 0.05) is 26.2 Å². The number of hydrogen-bond donors (Lipinski definition) is 3. The number of aliphatic carboxylic acids is 1. The summed E-state index contributed by atoms with van der Waals surface area (Å²) in [5.41, 5.74) is 10.5. The van der Waals surface area contributed by atoms with Crippen LogP contribution in [0.1, 0.15) is 11.1 Å². The van der Waals surface area contributed by atoms with Gasteiger partial charge in [-0.25, -0.2) is 8.42 Å². The van der Waals surface area contributed by atoms with Crippen molar-refractivity contribution < 1.29 is 31.5 Å². The number of hydrogen-bond acceptors (Lipinski definition) is 6. The second kappa shape index (κ2) is 8.96. The largest absolute Gasteiger partial charge is 0.481 e. The Bertz CT molecular complexity index is 966. The van der Waals surface area contributed by atoms with Crippen molar-refractivity contribution in [1.29, 1.82) is 0 Å². The first-order valence-corrected chi connectivity index (χ1v) is 10.3. The Morgan fingerprint density at radius 3 is 2.30 bits per heavy atom. The van der Waals surface area contributed by atoms with E-state index >= 15 is 0 Å². The van der Waals surface area contributed by atoms with Crippen LogP contribution in [0.3, 0.4) is 0 Å². The molecule has 0 spiro atoms. The molecule has 0 aromatic heterocycles. The molecule has 8 nitrogen and oxygen atoms in total. The Labute approximate surface area is 172 Å². The minimum absolute atomic E-state index is 0.0119. The molecule has 0 amide bonds. The van der Waals surface area contributed by atoms with E-state index in [9.17, 15) is 26.4 Å². The van der Waals surface area contributed by atoms with Crippen LogP contribution in [0.25, 0.3) is 0 Å². The van der Waals surface area contributed by atoms with Crippen LogP contribution in [0, 0.1) is 6.92 Å². The lowest BCUT2D eigenvalue weighted by molar-refractivity contribution is -0.136. The maximum absolute atomic E-state index is 12.9. The topological polar surface area (TPSA) is 130 Å². The van der Waals surface area contributed by atoms with Gasteiger partial charge in [0.25, 0.3) is 0 Å². The van der Waals surface area contributed by atoms with E-state index in [-0.39, 0.29) is 43.3 Å². The van der Waals surface area contributed by atoms with Gasteiger partial charge in [-0.15, -0.1) is 0 Å². The molecule has 166 valence electrons. The van der Waals surface area contributed by atoms with Crippen LogP contribution in [0.15, 0.2) is 46.8 Å². The molecule has 0 aliphatic carbocycles. The molecule has 30 heavy (non-hydrogen) atoms. The zero-order valence-electron chi connectivity index (χ0n) is 16.2. The highest BCUT2D eigenvalue weighted by atomic mass is 32.2. The average molecular weight is 448 g/mol. The van der Waals surface area contributed by atoms with Gasteiger partial charge in [-0.1, -0.05) is 6.07 Å². The van der Waals surface area contributed by atoms with Crippen LogP contribution in [0.4, 0.5) is 13.2 Å². The highest BCUT2D eigenvalue weighted by molar-refractivity contribution is 7.89. The predicted octanol–water partition coefficient (Wildman–Crippen LogP) is 1.13. The minimum Gasteiger partial charge on any atom is -0.481 e. The molecule has 0 radical (unpaired) electrons. The minimum atomic E-state index is -4.66. The lowest BCUT2D eigenvalue weighted by Crippen LogP contribution is -2.49. The average Bonchev–Trinajstić information content (AvgIpc) is 2.66. The number of carboxylic acid groups (broad SMARTS) is 1. The second-order valence-electron chi connectivity index (χ2n) is 6.76. The number of benzene rings is 1. The molecule has 0 saturated carbocycles. The Kier molecular flexibility index (Phi) is 7.03. The summed E-state index contributed by atoms with van der Waals surface area (Å²) in [6.07, 6.45) is -3.25. The SMILES string of the molecule is Cc1ccc(S(=O)(=O)N2CCN(/C(N)=C/C=C(\N)C(F)(F)F)CC2)cc1CC(=O)O. The fourth-order valence-corrected chi connectivity index (χ4v) is 4.35. The number of piperazine rings is 1. The summed E-state index contributed by atoms with van der Waals surface area (Å²) in [6, 6.07) is 4.32. The number of nitrogens with zero attached hydrogens (tertiary/aromatic N) is 2. The highest BCUT2D eigenvalue weighted by Crippen LogP contribution is 2.23. The number of allylic oxidation sites excluding steroid dienone is 3. The van der Waals surface area contributed by atoms with E-state index in [4.69, 9.17) is 16.6 Å². The van der Waals surface area contributed by atoms with Crippen LogP contribution in [0.5, 0.6) is 0 Å². The fourth-order valence-electron chi connectivity index (χ4n) is 2.87. The molecule has 0 atom stereocenters.